The number of methoxy groups -OCH3 is 3. The number of likely N-dealkylation sites (tertiary alicyclic amines) is 1. The molecule has 2 fully saturated rings. The van der Waals surface area contributed by atoms with Crippen molar-refractivity contribution in [1.29, 1.82) is 0 Å². The van der Waals surface area contributed by atoms with Crippen LogP contribution in [0.3, 0.4) is 0 Å². The van der Waals surface area contributed by atoms with Crippen LogP contribution in [-0.4, -0.2) is 51.1 Å². The molecule has 0 N–H and O–H groups in total. The SMILES string of the molecule is COc1ccc([C@H]2CCCN2C(=O)[C@H]2CC(=O)N(c3cc(Cl)c(OC)cc3OC)C2)cc1. The Morgan fingerprint density at radius 3 is 2.41 bits per heavy atom. The molecule has 170 valence electrons. The molecule has 4 rings (SSSR count). The van der Waals surface area contributed by atoms with Crippen molar-refractivity contribution >= 4 is 29.1 Å². The third-order valence-electron chi connectivity index (χ3n) is 6.25. The van der Waals surface area contributed by atoms with Crippen molar-refractivity contribution in [3.05, 3.63) is 47.0 Å². The van der Waals surface area contributed by atoms with Crippen LogP contribution in [0.15, 0.2) is 36.4 Å². The van der Waals surface area contributed by atoms with Crippen LogP contribution in [-0.2, 0) is 9.59 Å². The summed E-state index contributed by atoms with van der Waals surface area (Å²) in [5.74, 6) is 1.21. The third kappa shape index (κ3) is 4.09. The van der Waals surface area contributed by atoms with E-state index in [9.17, 15) is 9.59 Å². The molecule has 2 atom stereocenters. The van der Waals surface area contributed by atoms with E-state index in [-0.39, 0.29) is 24.3 Å². The molecule has 8 heteroatoms. The van der Waals surface area contributed by atoms with Gasteiger partial charge in [-0.15, -0.1) is 0 Å². The predicted octanol–water partition coefficient (Wildman–Crippen LogP) is 4.08. The fraction of sp³-hybridized carbons (Fsp3) is 0.417. The van der Waals surface area contributed by atoms with Crippen molar-refractivity contribution in [1.82, 2.24) is 4.90 Å². The van der Waals surface area contributed by atoms with Gasteiger partial charge in [-0.2, -0.15) is 0 Å². The van der Waals surface area contributed by atoms with Gasteiger partial charge < -0.3 is 24.0 Å². The first-order valence-electron chi connectivity index (χ1n) is 10.6. The van der Waals surface area contributed by atoms with Gasteiger partial charge in [-0.3, -0.25) is 9.59 Å². The molecule has 0 aromatic heterocycles. The lowest BCUT2D eigenvalue weighted by Gasteiger charge is -2.28. The monoisotopic (exact) mass is 458 g/mol. The van der Waals surface area contributed by atoms with E-state index in [0.717, 1.165) is 24.2 Å². The van der Waals surface area contributed by atoms with E-state index in [0.29, 0.717) is 35.3 Å². The van der Waals surface area contributed by atoms with Crippen LogP contribution in [0.2, 0.25) is 5.02 Å². The second-order valence-electron chi connectivity index (χ2n) is 8.03. The highest BCUT2D eigenvalue weighted by atomic mass is 35.5. The summed E-state index contributed by atoms with van der Waals surface area (Å²) < 4.78 is 15.9. The fourth-order valence-corrected chi connectivity index (χ4v) is 4.83. The third-order valence-corrected chi connectivity index (χ3v) is 6.55. The number of carbonyl (C=O) groups excluding carboxylic acids is 2. The Bertz CT molecular complexity index is 1010. The molecule has 2 heterocycles. The highest BCUT2D eigenvalue weighted by Gasteiger charge is 2.41. The quantitative estimate of drug-likeness (QED) is 0.652. The molecule has 2 aliphatic rings. The minimum atomic E-state index is -0.410. The van der Waals surface area contributed by atoms with Crippen LogP contribution in [0, 0.1) is 5.92 Å². The lowest BCUT2D eigenvalue weighted by Crippen LogP contribution is -2.37. The second-order valence-corrected chi connectivity index (χ2v) is 8.43. The van der Waals surface area contributed by atoms with E-state index in [1.165, 1.54) is 14.2 Å². The van der Waals surface area contributed by atoms with Crippen molar-refractivity contribution in [2.24, 2.45) is 5.92 Å². The highest BCUT2D eigenvalue weighted by molar-refractivity contribution is 6.32. The zero-order chi connectivity index (χ0) is 22.8. The molecule has 2 saturated heterocycles. The standard InChI is InChI=1S/C24H27ClN2O5/c1-30-17-8-6-15(7-9-17)19-5-4-10-26(19)24(29)16-11-23(28)27(14-16)20-12-18(25)21(31-2)13-22(20)32-3/h6-9,12-13,16,19H,4-5,10-11,14H2,1-3H3/t16-,19+/m0/s1. The number of halogens is 1. The van der Waals surface area contributed by atoms with E-state index in [2.05, 4.69) is 0 Å². The average Bonchev–Trinajstić information content (AvgIpc) is 3.45. The molecule has 0 unspecified atom stereocenters. The minimum Gasteiger partial charge on any atom is -0.497 e. The Labute approximate surface area is 192 Å². The van der Waals surface area contributed by atoms with Gasteiger partial charge in [0.25, 0.3) is 0 Å². The van der Waals surface area contributed by atoms with Crippen molar-refractivity contribution in [3.8, 4) is 17.2 Å². The smallest absolute Gasteiger partial charge is 0.228 e. The number of ether oxygens (including phenoxy) is 3. The number of hydrogen-bond donors (Lipinski definition) is 0. The molecule has 7 nitrogen and oxygen atoms in total. The van der Waals surface area contributed by atoms with Crippen molar-refractivity contribution in [3.63, 3.8) is 0 Å². The molecule has 0 aliphatic carbocycles. The highest BCUT2D eigenvalue weighted by Crippen LogP contribution is 2.41. The van der Waals surface area contributed by atoms with E-state index in [4.69, 9.17) is 25.8 Å². The number of rotatable bonds is 6. The maximum atomic E-state index is 13.4. The van der Waals surface area contributed by atoms with Gasteiger partial charge in [-0.1, -0.05) is 23.7 Å². The van der Waals surface area contributed by atoms with Gasteiger partial charge in [0.05, 0.1) is 44.0 Å². The Morgan fingerprint density at radius 1 is 1.03 bits per heavy atom. The summed E-state index contributed by atoms with van der Waals surface area (Å²) >= 11 is 6.29. The molecule has 2 aromatic carbocycles. The van der Waals surface area contributed by atoms with Crippen LogP contribution < -0.4 is 19.1 Å². The molecule has 2 aromatic rings. The molecule has 0 radical (unpaired) electrons. The molecule has 0 spiro atoms. The van der Waals surface area contributed by atoms with Crippen LogP contribution >= 0.6 is 11.6 Å². The maximum Gasteiger partial charge on any atom is 0.228 e. The minimum absolute atomic E-state index is 0.0118. The summed E-state index contributed by atoms with van der Waals surface area (Å²) in [6.07, 6.45) is 2.01. The Hall–Kier alpha value is -2.93. The van der Waals surface area contributed by atoms with Crippen molar-refractivity contribution in [2.45, 2.75) is 25.3 Å². The van der Waals surface area contributed by atoms with Crippen molar-refractivity contribution in [2.75, 3.05) is 39.3 Å². The van der Waals surface area contributed by atoms with Gasteiger partial charge >= 0.3 is 0 Å². The summed E-state index contributed by atoms with van der Waals surface area (Å²) in [5.41, 5.74) is 1.63. The van der Waals surface area contributed by atoms with Gasteiger partial charge in [0.1, 0.15) is 17.2 Å². The Balaban J connectivity index is 1.53. The van der Waals surface area contributed by atoms with Gasteiger partial charge in [-0.05, 0) is 36.6 Å². The topological polar surface area (TPSA) is 68.3 Å². The van der Waals surface area contributed by atoms with Crippen molar-refractivity contribution < 1.29 is 23.8 Å². The number of amides is 2. The average molecular weight is 459 g/mol. The van der Waals surface area contributed by atoms with Crippen LogP contribution in [0.4, 0.5) is 5.69 Å². The van der Waals surface area contributed by atoms with Crippen LogP contribution in [0.1, 0.15) is 30.9 Å². The second kappa shape index (κ2) is 9.28. The maximum absolute atomic E-state index is 13.4. The van der Waals surface area contributed by atoms with Gasteiger partial charge in [-0.25, -0.2) is 0 Å². The normalized spacial score (nSPS) is 20.6. The van der Waals surface area contributed by atoms with E-state index >= 15 is 0 Å². The fourth-order valence-electron chi connectivity index (χ4n) is 4.60. The summed E-state index contributed by atoms with van der Waals surface area (Å²) in [4.78, 5) is 29.8. The zero-order valence-corrected chi connectivity index (χ0v) is 19.2. The predicted molar refractivity (Wildman–Crippen MR) is 122 cm³/mol. The number of benzene rings is 2. The van der Waals surface area contributed by atoms with Crippen LogP contribution in [0.5, 0.6) is 17.2 Å². The first-order chi connectivity index (χ1) is 15.5. The summed E-state index contributed by atoms with van der Waals surface area (Å²) in [5, 5.41) is 0.380. The number of anilines is 1. The molecule has 2 amide bonds. The largest absolute Gasteiger partial charge is 0.497 e. The number of hydrogen-bond acceptors (Lipinski definition) is 5. The molecule has 0 saturated carbocycles. The summed E-state index contributed by atoms with van der Waals surface area (Å²) in [6.45, 7) is 0.987. The first-order valence-corrected chi connectivity index (χ1v) is 11.0. The number of carbonyl (C=O) groups is 2. The van der Waals surface area contributed by atoms with Gasteiger partial charge in [0.15, 0.2) is 0 Å². The molecule has 2 aliphatic heterocycles. The van der Waals surface area contributed by atoms with E-state index in [1.54, 1.807) is 24.1 Å². The lowest BCUT2D eigenvalue weighted by molar-refractivity contribution is -0.136. The van der Waals surface area contributed by atoms with E-state index < -0.39 is 5.92 Å². The lowest BCUT2D eigenvalue weighted by atomic mass is 10.0. The molecule has 32 heavy (non-hydrogen) atoms. The van der Waals surface area contributed by atoms with Crippen LogP contribution in [0.25, 0.3) is 0 Å². The molecular formula is C24H27ClN2O5. The first kappa shape index (κ1) is 22.3. The molecule has 0 bridgehead atoms. The van der Waals surface area contributed by atoms with Gasteiger partial charge in [0, 0.05) is 25.6 Å². The summed E-state index contributed by atoms with van der Waals surface area (Å²) in [7, 11) is 4.68. The Kier molecular flexibility index (Phi) is 6.46. The molecular weight excluding hydrogens is 432 g/mol. The van der Waals surface area contributed by atoms with E-state index in [1.807, 2.05) is 29.2 Å². The summed E-state index contributed by atoms with van der Waals surface area (Å²) in [6, 6.07) is 11.2. The zero-order valence-electron chi connectivity index (χ0n) is 18.5. The number of nitrogens with zero attached hydrogens (tertiary/aromatic N) is 2. The van der Waals surface area contributed by atoms with Gasteiger partial charge in [0.2, 0.25) is 11.8 Å². The Morgan fingerprint density at radius 2 is 1.75 bits per heavy atom.